The quantitative estimate of drug-likeness (QED) is 0.685. The van der Waals surface area contributed by atoms with Crippen LogP contribution in [-0.4, -0.2) is 43.2 Å². The van der Waals surface area contributed by atoms with Crippen LogP contribution in [0, 0.1) is 0 Å². The van der Waals surface area contributed by atoms with E-state index in [-0.39, 0.29) is 5.91 Å². The van der Waals surface area contributed by atoms with E-state index in [4.69, 9.17) is 10.5 Å². The number of methoxy groups -OCH3 is 1. The van der Waals surface area contributed by atoms with E-state index < -0.39 is 5.60 Å². The summed E-state index contributed by atoms with van der Waals surface area (Å²) in [6, 6.07) is 0. The minimum Gasteiger partial charge on any atom is -0.369 e. The van der Waals surface area contributed by atoms with Gasteiger partial charge >= 0.3 is 0 Å². The van der Waals surface area contributed by atoms with Crippen molar-refractivity contribution in [2.45, 2.75) is 45.6 Å². The first-order chi connectivity index (χ1) is 7.55. The average Bonchev–Trinajstić information content (AvgIpc) is 2.32. The largest absolute Gasteiger partial charge is 0.369 e. The molecule has 0 aliphatic carbocycles. The summed E-state index contributed by atoms with van der Waals surface area (Å²) in [7, 11) is 1.59. The van der Waals surface area contributed by atoms with Crippen molar-refractivity contribution in [2.75, 3.05) is 26.7 Å². The van der Waals surface area contributed by atoms with Gasteiger partial charge in [0.15, 0.2) is 0 Å². The van der Waals surface area contributed by atoms with Crippen molar-refractivity contribution >= 4 is 5.91 Å². The summed E-state index contributed by atoms with van der Waals surface area (Å²) >= 11 is 0. The zero-order valence-electron chi connectivity index (χ0n) is 11.1. The summed E-state index contributed by atoms with van der Waals surface area (Å²) in [5.74, 6) is 0.0767. The molecule has 0 aromatic heterocycles. The first kappa shape index (κ1) is 15.4. The molecule has 1 atom stereocenters. The Morgan fingerprint density at radius 2 is 2.00 bits per heavy atom. The van der Waals surface area contributed by atoms with Gasteiger partial charge in [-0.2, -0.15) is 0 Å². The summed E-state index contributed by atoms with van der Waals surface area (Å²) < 4.78 is 5.33. The molecule has 1 unspecified atom stereocenters. The number of nitrogens with zero attached hydrogens (tertiary/aromatic N) is 1. The molecule has 0 spiro atoms. The SMILES string of the molecule is CCCN(CCCN)C(=O)C(C)(CC)OC. The molecule has 0 aliphatic heterocycles. The fourth-order valence-electron chi connectivity index (χ4n) is 1.58. The highest BCUT2D eigenvalue weighted by Gasteiger charge is 2.34. The maximum atomic E-state index is 12.3. The zero-order chi connectivity index (χ0) is 12.6. The molecule has 0 fully saturated rings. The number of rotatable bonds is 8. The molecule has 4 nitrogen and oxygen atoms in total. The van der Waals surface area contributed by atoms with Gasteiger partial charge in [0.05, 0.1) is 0 Å². The smallest absolute Gasteiger partial charge is 0.254 e. The van der Waals surface area contributed by atoms with Crippen molar-refractivity contribution < 1.29 is 9.53 Å². The van der Waals surface area contributed by atoms with Crippen molar-refractivity contribution in [1.29, 1.82) is 0 Å². The monoisotopic (exact) mass is 230 g/mol. The van der Waals surface area contributed by atoms with E-state index in [1.165, 1.54) is 0 Å². The molecule has 0 aromatic rings. The Labute approximate surface area is 99.1 Å². The van der Waals surface area contributed by atoms with E-state index in [9.17, 15) is 4.79 Å². The minimum atomic E-state index is -0.691. The molecule has 96 valence electrons. The van der Waals surface area contributed by atoms with Gasteiger partial charge in [-0.05, 0) is 32.7 Å². The van der Waals surface area contributed by atoms with Crippen molar-refractivity contribution in [3.8, 4) is 0 Å². The van der Waals surface area contributed by atoms with E-state index >= 15 is 0 Å². The van der Waals surface area contributed by atoms with Crippen LogP contribution >= 0.6 is 0 Å². The van der Waals surface area contributed by atoms with E-state index in [2.05, 4.69) is 6.92 Å². The zero-order valence-corrected chi connectivity index (χ0v) is 11.1. The lowest BCUT2D eigenvalue weighted by Gasteiger charge is -2.32. The second-order valence-electron chi connectivity index (χ2n) is 4.22. The van der Waals surface area contributed by atoms with Gasteiger partial charge in [0, 0.05) is 20.2 Å². The van der Waals surface area contributed by atoms with Gasteiger partial charge < -0.3 is 15.4 Å². The summed E-state index contributed by atoms with van der Waals surface area (Å²) in [6.45, 7) is 8.00. The van der Waals surface area contributed by atoms with E-state index in [0.717, 1.165) is 25.9 Å². The van der Waals surface area contributed by atoms with Gasteiger partial charge in [-0.3, -0.25) is 4.79 Å². The number of hydrogen-bond acceptors (Lipinski definition) is 3. The molecule has 0 heterocycles. The summed E-state index contributed by atoms with van der Waals surface area (Å²) in [6.07, 6.45) is 2.49. The number of carbonyl (C=O) groups excluding carboxylic acids is 1. The fourth-order valence-corrected chi connectivity index (χ4v) is 1.58. The van der Waals surface area contributed by atoms with Crippen LogP contribution in [0.25, 0.3) is 0 Å². The molecule has 16 heavy (non-hydrogen) atoms. The van der Waals surface area contributed by atoms with Gasteiger partial charge in [-0.15, -0.1) is 0 Å². The van der Waals surface area contributed by atoms with Crippen molar-refractivity contribution in [1.82, 2.24) is 4.90 Å². The second-order valence-corrected chi connectivity index (χ2v) is 4.22. The second kappa shape index (κ2) is 7.63. The first-order valence-electron chi connectivity index (χ1n) is 6.10. The third kappa shape index (κ3) is 4.10. The standard InChI is InChI=1S/C12H26N2O2/c1-5-9-14(10-7-8-13)11(15)12(3,6-2)16-4/h5-10,13H2,1-4H3. The first-order valence-corrected chi connectivity index (χ1v) is 6.10. The molecule has 0 radical (unpaired) electrons. The van der Waals surface area contributed by atoms with Gasteiger partial charge in [-0.1, -0.05) is 13.8 Å². The lowest BCUT2D eigenvalue weighted by molar-refractivity contribution is -0.153. The number of ether oxygens (including phenoxy) is 1. The number of hydrogen-bond donors (Lipinski definition) is 1. The molecule has 0 aliphatic rings. The van der Waals surface area contributed by atoms with Crippen molar-refractivity contribution in [3.05, 3.63) is 0 Å². The number of amides is 1. The highest BCUT2D eigenvalue weighted by atomic mass is 16.5. The van der Waals surface area contributed by atoms with Crippen LogP contribution in [-0.2, 0) is 9.53 Å². The Kier molecular flexibility index (Phi) is 7.34. The van der Waals surface area contributed by atoms with E-state index in [1.54, 1.807) is 7.11 Å². The molecule has 2 N–H and O–H groups in total. The predicted molar refractivity (Wildman–Crippen MR) is 66.2 cm³/mol. The van der Waals surface area contributed by atoms with Crippen molar-refractivity contribution in [2.24, 2.45) is 5.73 Å². The van der Waals surface area contributed by atoms with Crippen LogP contribution in [0.2, 0.25) is 0 Å². The minimum absolute atomic E-state index is 0.0767. The maximum Gasteiger partial charge on any atom is 0.254 e. The summed E-state index contributed by atoms with van der Waals surface area (Å²) in [5.41, 5.74) is 4.79. The Morgan fingerprint density at radius 3 is 2.38 bits per heavy atom. The number of nitrogens with two attached hydrogens (primary N) is 1. The van der Waals surface area contributed by atoms with Crippen LogP contribution < -0.4 is 5.73 Å². The highest BCUT2D eigenvalue weighted by Crippen LogP contribution is 2.18. The van der Waals surface area contributed by atoms with E-state index in [1.807, 2.05) is 18.7 Å². The van der Waals surface area contributed by atoms with Crippen LogP contribution in [0.5, 0.6) is 0 Å². The maximum absolute atomic E-state index is 12.3. The van der Waals surface area contributed by atoms with Crippen molar-refractivity contribution in [3.63, 3.8) is 0 Å². The lowest BCUT2D eigenvalue weighted by atomic mass is 10.0. The normalized spacial score (nSPS) is 14.6. The van der Waals surface area contributed by atoms with Gasteiger partial charge in [0.2, 0.25) is 0 Å². The third-order valence-corrected chi connectivity index (χ3v) is 2.99. The van der Waals surface area contributed by atoms with Gasteiger partial charge in [-0.25, -0.2) is 0 Å². The molecule has 0 saturated heterocycles. The average molecular weight is 230 g/mol. The molecular formula is C12H26N2O2. The van der Waals surface area contributed by atoms with Crippen LogP contribution in [0.3, 0.4) is 0 Å². The number of carbonyl (C=O) groups is 1. The highest BCUT2D eigenvalue weighted by molar-refractivity contribution is 5.84. The topological polar surface area (TPSA) is 55.6 Å². The van der Waals surface area contributed by atoms with Gasteiger partial charge in [0.1, 0.15) is 5.60 Å². The van der Waals surface area contributed by atoms with Gasteiger partial charge in [0.25, 0.3) is 5.91 Å². The Bertz CT molecular complexity index is 203. The fraction of sp³-hybridized carbons (Fsp3) is 0.917. The Hall–Kier alpha value is -0.610. The molecule has 0 saturated carbocycles. The molecule has 0 bridgehead atoms. The Morgan fingerprint density at radius 1 is 1.38 bits per heavy atom. The van der Waals surface area contributed by atoms with Crippen LogP contribution in [0.1, 0.15) is 40.0 Å². The summed E-state index contributed by atoms with van der Waals surface area (Å²) in [4.78, 5) is 14.1. The van der Waals surface area contributed by atoms with Crippen LogP contribution in [0.4, 0.5) is 0 Å². The third-order valence-electron chi connectivity index (χ3n) is 2.99. The van der Waals surface area contributed by atoms with Crippen LogP contribution in [0.15, 0.2) is 0 Å². The lowest BCUT2D eigenvalue weighted by Crippen LogP contribution is -2.48. The molecular weight excluding hydrogens is 204 g/mol. The van der Waals surface area contributed by atoms with E-state index in [0.29, 0.717) is 13.0 Å². The summed E-state index contributed by atoms with van der Waals surface area (Å²) in [5, 5.41) is 0. The molecule has 0 aromatic carbocycles. The molecule has 0 rings (SSSR count). The Balaban J connectivity index is 4.57. The molecule has 4 heteroatoms. The predicted octanol–water partition coefficient (Wildman–Crippen LogP) is 1.39. The molecule has 1 amide bonds.